The van der Waals surface area contributed by atoms with Crippen molar-refractivity contribution in [3.63, 3.8) is 0 Å². The topological polar surface area (TPSA) is 76.0 Å². The minimum atomic E-state index is -4.09. The van der Waals surface area contributed by atoms with E-state index in [1.807, 2.05) is 0 Å². The molecule has 0 aliphatic carbocycles. The number of benzene rings is 1. The van der Waals surface area contributed by atoms with Gasteiger partial charge in [0.25, 0.3) is 0 Å². The molecule has 1 aromatic carbocycles. The molecular weight excluding hydrogens is 231 g/mol. The van der Waals surface area contributed by atoms with Crippen LogP contribution in [0, 0.1) is 5.82 Å². The number of aromatic amines is 1. The van der Waals surface area contributed by atoms with Crippen LogP contribution in [0.1, 0.15) is 0 Å². The minimum Gasteiger partial charge on any atom is -0.361 e. The van der Waals surface area contributed by atoms with E-state index >= 15 is 0 Å². The molecule has 0 unspecified atom stereocenters. The fourth-order valence-corrected chi connectivity index (χ4v) is 2.33. The lowest BCUT2D eigenvalue weighted by atomic mass is 10.1. The second kappa shape index (κ2) is 3.73. The molecule has 0 bridgehead atoms. The van der Waals surface area contributed by atoms with Crippen molar-refractivity contribution in [1.29, 1.82) is 0 Å². The number of halogens is 1. The Hall–Kier alpha value is -1.66. The highest BCUT2D eigenvalue weighted by Crippen LogP contribution is 2.27. The van der Waals surface area contributed by atoms with Crippen molar-refractivity contribution in [3.8, 4) is 11.3 Å². The van der Waals surface area contributed by atoms with Crippen LogP contribution in [0.4, 0.5) is 4.39 Å². The predicted molar refractivity (Wildman–Crippen MR) is 57.6 cm³/mol. The first-order chi connectivity index (χ1) is 7.50. The van der Waals surface area contributed by atoms with Crippen molar-refractivity contribution >= 4 is 10.0 Å². The van der Waals surface area contributed by atoms with Crippen molar-refractivity contribution < 1.29 is 12.8 Å². The summed E-state index contributed by atoms with van der Waals surface area (Å²) in [4.78, 5) is 2.32. The second-order valence-electron chi connectivity index (χ2n) is 3.25. The molecule has 84 valence electrons. The summed E-state index contributed by atoms with van der Waals surface area (Å²) in [6.07, 6.45) is 1.62. The fraction of sp³-hybridized carbons (Fsp3) is 0. The highest BCUT2D eigenvalue weighted by Gasteiger charge is 2.20. The number of aromatic nitrogens is 1. The van der Waals surface area contributed by atoms with Gasteiger partial charge in [0, 0.05) is 17.5 Å². The third-order valence-corrected chi connectivity index (χ3v) is 3.12. The van der Waals surface area contributed by atoms with Gasteiger partial charge in [-0.2, -0.15) is 0 Å². The van der Waals surface area contributed by atoms with Gasteiger partial charge in [0.15, 0.2) is 0 Å². The van der Waals surface area contributed by atoms with Crippen LogP contribution < -0.4 is 5.14 Å². The van der Waals surface area contributed by atoms with Gasteiger partial charge in [0.2, 0.25) is 10.0 Å². The van der Waals surface area contributed by atoms with Crippen LogP contribution in [0.2, 0.25) is 0 Å². The van der Waals surface area contributed by atoms with Gasteiger partial charge in [0.1, 0.15) is 10.7 Å². The molecule has 4 nitrogen and oxygen atoms in total. The van der Waals surface area contributed by atoms with E-state index in [0.29, 0.717) is 5.69 Å². The number of primary sulfonamides is 1. The quantitative estimate of drug-likeness (QED) is 0.833. The van der Waals surface area contributed by atoms with Crippen LogP contribution in [-0.4, -0.2) is 13.4 Å². The van der Waals surface area contributed by atoms with Gasteiger partial charge in [-0.15, -0.1) is 0 Å². The SMILES string of the molecule is NS(=O)(=O)c1c(F)cccc1-c1ccc[nH]1. The van der Waals surface area contributed by atoms with E-state index in [1.54, 1.807) is 18.3 Å². The van der Waals surface area contributed by atoms with Crippen molar-refractivity contribution in [3.05, 3.63) is 42.3 Å². The Kier molecular flexibility index (Phi) is 2.53. The third kappa shape index (κ3) is 1.84. The molecule has 3 N–H and O–H groups in total. The third-order valence-electron chi connectivity index (χ3n) is 2.14. The number of hydrogen-bond donors (Lipinski definition) is 2. The second-order valence-corrected chi connectivity index (χ2v) is 4.74. The van der Waals surface area contributed by atoms with Gasteiger partial charge < -0.3 is 4.98 Å². The van der Waals surface area contributed by atoms with E-state index in [9.17, 15) is 12.8 Å². The maximum absolute atomic E-state index is 13.5. The smallest absolute Gasteiger partial charge is 0.241 e. The van der Waals surface area contributed by atoms with E-state index in [2.05, 4.69) is 4.98 Å². The highest BCUT2D eigenvalue weighted by atomic mass is 32.2. The molecule has 2 aromatic rings. The Bertz CT molecular complexity index is 606. The van der Waals surface area contributed by atoms with Crippen molar-refractivity contribution in [2.75, 3.05) is 0 Å². The highest BCUT2D eigenvalue weighted by molar-refractivity contribution is 7.89. The number of rotatable bonds is 2. The molecule has 0 fully saturated rings. The Labute approximate surface area is 92.0 Å². The van der Waals surface area contributed by atoms with E-state index in [4.69, 9.17) is 5.14 Å². The first-order valence-corrected chi connectivity index (χ1v) is 6.00. The summed E-state index contributed by atoms with van der Waals surface area (Å²) < 4.78 is 36.1. The van der Waals surface area contributed by atoms with Gasteiger partial charge in [-0.25, -0.2) is 17.9 Å². The molecule has 0 amide bonds. The van der Waals surface area contributed by atoms with Crippen LogP contribution in [0.3, 0.4) is 0 Å². The van der Waals surface area contributed by atoms with Crippen molar-refractivity contribution in [2.24, 2.45) is 5.14 Å². The zero-order valence-corrected chi connectivity index (χ0v) is 8.96. The minimum absolute atomic E-state index is 0.229. The lowest BCUT2D eigenvalue weighted by Crippen LogP contribution is -2.15. The summed E-state index contributed by atoms with van der Waals surface area (Å²) in [7, 11) is -4.09. The van der Waals surface area contributed by atoms with Crippen molar-refractivity contribution in [2.45, 2.75) is 4.90 Å². The molecule has 0 aliphatic heterocycles. The number of nitrogens with one attached hydrogen (secondary N) is 1. The molecule has 6 heteroatoms. The zero-order valence-electron chi connectivity index (χ0n) is 8.14. The number of sulfonamides is 1. The van der Waals surface area contributed by atoms with Crippen LogP contribution in [-0.2, 0) is 10.0 Å². The lowest BCUT2D eigenvalue weighted by molar-refractivity contribution is 0.569. The Balaban J connectivity index is 2.77. The first-order valence-electron chi connectivity index (χ1n) is 4.45. The number of hydrogen-bond acceptors (Lipinski definition) is 2. The molecule has 0 atom stereocenters. The summed E-state index contributed by atoms with van der Waals surface area (Å²) >= 11 is 0. The van der Waals surface area contributed by atoms with Crippen LogP contribution in [0.5, 0.6) is 0 Å². The van der Waals surface area contributed by atoms with E-state index in [-0.39, 0.29) is 5.56 Å². The molecule has 2 rings (SSSR count). The van der Waals surface area contributed by atoms with Crippen LogP contribution in [0.15, 0.2) is 41.4 Å². The summed E-state index contributed by atoms with van der Waals surface area (Å²) in [5.74, 6) is -0.852. The van der Waals surface area contributed by atoms with Gasteiger partial charge in [-0.3, -0.25) is 0 Å². The summed E-state index contributed by atoms with van der Waals surface area (Å²) in [6.45, 7) is 0. The number of H-pyrrole nitrogens is 1. The Morgan fingerprint density at radius 3 is 2.50 bits per heavy atom. The molecule has 0 radical (unpaired) electrons. The molecule has 0 saturated heterocycles. The Morgan fingerprint density at radius 1 is 1.19 bits per heavy atom. The predicted octanol–water partition coefficient (Wildman–Crippen LogP) is 1.47. The average Bonchev–Trinajstić information content (AvgIpc) is 2.67. The normalized spacial score (nSPS) is 11.6. The molecule has 0 saturated carbocycles. The molecule has 0 spiro atoms. The first kappa shape index (κ1) is 10.8. The van der Waals surface area contributed by atoms with Crippen LogP contribution in [0.25, 0.3) is 11.3 Å². The maximum atomic E-state index is 13.5. The average molecular weight is 240 g/mol. The molecular formula is C10H9FN2O2S. The lowest BCUT2D eigenvalue weighted by Gasteiger charge is -2.06. The Morgan fingerprint density at radius 2 is 1.94 bits per heavy atom. The standard InChI is InChI=1S/C10H9FN2O2S/c11-8-4-1-3-7(9-5-2-6-13-9)10(8)16(12,14)15/h1-6,13H,(H2,12,14,15). The summed E-state index contributed by atoms with van der Waals surface area (Å²) in [6, 6.07) is 7.32. The molecule has 16 heavy (non-hydrogen) atoms. The van der Waals surface area contributed by atoms with Crippen LogP contribution >= 0.6 is 0 Å². The fourth-order valence-electron chi connectivity index (χ4n) is 1.51. The van der Waals surface area contributed by atoms with Gasteiger partial charge in [0.05, 0.1) is 0 Å². The van der Waals surface area contributed by atoms with Gasteiger partial charge in [-0.05, 0) is 18.2 Å². The maximum Gasteiger partial charge on any atom is 0.241 e. The van der Waals surface area contributed by atoms with E-state index in [0.717, 1.165) is 6.07 Å². The monoisotopic (exact) mass is 240 g/mol. The zero-order chi connectivity index (χ0) is 11.8. The van der Waals surface area contributed by atoms with Gasteiger partial charge >= 0.3 is 0 Å². The van der Waals surface area contributed by atoms with Crippen molar-refractivity contribution in [1.82, 2.24) is 4.98 Å². The van der Waals surface area contributed by atoms with Gasteiger partial charge in [-0.1, -0.05) is 12.1 Å². The van der Waals surface area contributed by atoms with E-state index < -0.39 is 20.7 Å². The molecule has 1 heterocycles. The summed E-state index contributed by atoms with van der Waals surface area (Å²) in [5.41, 5.74) is 0.732. The largest absolute Gasteiger partial charge is 0.361 e. The van der Waals surface area contributed by atoms with E-state index in [1.165, 1.54) is 12.1 Å². The molecule has 0 aliphatic rings. The molecule has 1 aromatic heterocycles. The summed E-state index contributed by atoms with van der Waals surface area (Å²) in [5, 5.41) is 4.98. The number of nitrogens with two attached hydrogens (primary N) is 1.